The number of hydrogen-bond acceptors (Lipinski definition) is 6. The molecule has 0 N–H and O–H groups in total. The summed E-state index contributed by atoms with van der Waals surface area (Å²) in [5.74, 6) is 1.05. The molecule has 6 nitrogen and oxygen atoms in total. The second kappa shape index (κ2) is 9.12. The van der Waals surface area contributed by atoms with Crippen LogP contribution in [0.5, 0.6) is 5.88 Å². The molecule has 2 aromatic heterocycles. The third kappa shape index (κ3) is 4.15. The molecule has 0 aliphatic rings. The van der Waals surface area contributed by atoms with Crippen LogP contribution < -0.4 is 4.74 Å². The van der Waals surface area contributed by atoms with E-state index in [0.717, 1.165) is 22.2 Å². The third-order valence-electron chi connectivity index (χ3n) is 4.65. The number of thiophene rings is 1. The molecule has 0 atom stereocenters. The van der Waals surface area contributed by atoms with Crippen LogP contribution in [-0.4, -0.2) is 48.1 Å². The van der Waals surface area contributed by atoms with E-state index in [9.17, 15) is 4.79 Å². The molecule has 0 bridgehead atoms. The molecule has 0 unspecified atom stereocenters. The van der Waals surface area contributed by atoms with Crippen molar-refractivity contribution in [2.24, 2.45) is 0 Å². The number of nitrogens with zero attached hydrogens (tertiary/aromatic N) is 3. The van der Waals surface area contributed by atoms with Crippen LogP contribution in [0.3, 0.4) is 0 Å². The van der Waals surface area contributed by atoms with E-state index in [1.807, 2.05) is 36.9 Å². The van der Waals surface area contributed by atoms with Gasteiger partial charge in [0.15, 0.2) is 5.82 Å². The van der Waals surface area contributed by atoms with E-state index < -0.39 is 0 Å². The second-order valence-corrected chi connectivity index (χ2v) is 7.44. The fraction of sp³-hybridized carbons (Fsp3) is 0.381. The summed E-state index contributed by atoms with van der Waals surface area (Å²) in [4.78, 5) is 25.5. The number of amides is 1. The first-order chi connectivity index (χ1) is 13.6. The third-order valence-corrected chi connectivity index (χ3v) is 5.82. The van der Waals surface area contributed by atoms with Gasteiger partial charge in [-0.05, 0) is 31.4 Å². The van der Waals surface area contributed by atoms with Gasteiger partial charge in [-0.2, -0.15) is 4.98 Å². The molecular formula is C21H25N3O3S. The first kappa shape index (κ1) is 20.2. The summed E-state index contributed by atoms with van der Waals surface area (Å²) in [6.45, 7) is 5.55. The molecule has 0 spiro atoms. The van der Waals surface area contributed by atoms with E-state index in [2.05, 4.69) is 22.1 Å². The van der Waals surface area contributed by atoms with Gasteiger partial charge in [-0.15, -0.1) is 11.3 Å². The molecule has 0 saturated carbocycles. The lowest BCUT2D eigenvalue weighted by Crippen LogP contribution is -2.32. The van der Waals surface area contributed by atoms with E-state index >= 15 is 0 Å². The Morgan fingerprint density at radius 3 is 2.57 bits per heavy atom. The molecule has 3 aromatic rings. The topological polar surface area (TPSA) is 64.6 Å². The molecule has 0 aliphatic heterocycles. The van der Waals surface area contributed by atoms with Gasteiger partial charge in [0.25, 0.3) is 5.91 Å². The number of rotatable bonds is 8. The smallest absolute Gasteiger partial charge is 0.264 e. The molecular weight excluding hydrogens is 374 g/mol. The zero-order valence-corrected chi connectivity index (χ0v) is 17.5. The van der Waals surface area contributed by atoms with Gasteiger partial charge in [-0.25, -0.2) is 4.98 Å². The van der Waals surface area contributed by atoms with Crippen LogP contribution in [0.1, 0.15) is 33.5 Å². The van der Waals surface area contributed by atoms with Crippen molar-refractivity contribution in [1.82, 2.24) is 14.9 Å². The predicted molar refractivity (Wildman–Crippen MR) is 111 cm³/mol. The molecule has 3 rings (SSSR count). The van der Waals surface area contributed by atoms with Crippen LogP contribution >= 0.6 is 11.3 Å². The fourth-order valence-corrected chi connectivity index (χ4v) is 4.30. The second-order valence-electron chi connectivity index (χ2n) is 6.44. The highest BCUT2D eigenvalue weighted by molar-refractivity contribution is 7.20. The van der Waals surface area contributed by atoms with Crippen molar-refractivity contribution >= 4 is 27.5 Å². The van der Waals surface area contributed by atoms with E-state index in [4.69, 9.17) is 9.47 Å². The number of methoxy groups -OCH3 is 2. The maximum absolute atomic E-state index is 13.2. The van der Waals surface area contributed by atoms with Crippen LogP contribution in [0.15, 0.2) is 30.3 Å². The largest absolute Gasteiger partial charge is 0.480 e. The van der Waals surface area contributed by atoms with Gasteiger partial charge in [0.05, 0.1) is 17.4 Å². The van der Waals surface area contributed by atoms with E-state index in [1.165, 1.54) is 16.9 Å². The maximum atomic E-state index is 13.2. The molecule has 1 amide bonds. The van der Waals surface area contributed by atoms with Gasteiger partial charge >= 0.3 is 0 Å². The van der Waals surface area contributed by atoms with Crippen molar-refractivity contribution in [3.63, 3.8) is 0 Å². The number of aromatic nitrogens is 2. The highest BCUT2D eigenvalue weighted by Gasteiger charge is 2.24. The molecule has 0 saturated heterocycles. The predicted octanol–water partition coefficient (Wildman–Crippen LogP) is 3.86. The van der Waals surface area contributed by atoms with Crippen LogP contribution in [0, 0.1) is 6.92 Å². The minimum Gasteiger partial charge on any atom is -0.480 e. The zero-order chi connectivity index (χ0) is 20.1. The highest BCUT2D eigenvalue weighted by atomic mass is 32.1. The zero-order valence-electron chi connectivity index (χ0n) is 16.7. The lowest BCUT2D eigenvalue weighted by atomic mass is 10.1. The van der Waals surface area contributed by atoms with E-state index in [1.54, 1.807) is 14.2 Å². The van der Waals surface area contributed by atoms with Gasteiger partial charge in [-0.1, -0.05) is 30.3 Å². The fourth-order valence-electron chi connectivity index (χ4n) is 3.15. The van der Waals surface area contributed by atoms with Crippen molar-refractivity contribution in [3.8, 4) is 5.88 Å². The average molecular weight is 400 g/mol. The minimum atomic E-state index is 0.0225. The molecule has 2 heterocycles. The highest BCUT2D eigenvalue weighted by Crippen LogP contribution is 2.35. The van der Waals surface area contributed by atoms with E-state index in [-0.39, 0.29) is 5.91 Å². The number of likely N-dealkylation sites (N-methyl/N-ethyl adjacent to an activating group) is 1. The normalized spacial score (nSPS) is 11.0. The lowest BCUT2D eigenvalue weighted by molar-refractivity contribution is 0.0770. The summed E-state index contributed by atoms with van der Waals surface area (Å²) in [7, 11) is 3.18. The van der Waals surface area contributed by atoms with Gasteiger partial charge < -0.3 is 14.4 Å². The number of ether oxygens (including phenoxy) is 2. The lowest BCUT2D eigenvalue weighted by Gasteiger charge is -2.20. The maximum Gasteiger partial charge on any atom is 0.264 e. The summed E-state index contributed by atoms with van der Waals surface area (Å²) >= 11 is 1.39. The van der Waals surface area contributed by atoms with Crippen molar-refractivity contribution in [2.45, 2.75) is 26.9 Å². The van der Waals surface area contributed by atoms with Gasteiger partial charge in [0.1, 0.15) is 11.4 Å². The average Bonchev–Trinajstić information content (AvgIpc) is 3.05. The Labute approximate surface area is 169 Å². The summed E-state index contributed by atoms with van der Waals surface area (Å²) in [6, 6.07) is 10.2. The molecule has 148 valence electrons. The number of carbonyl (C=O) groups is 1. The number of hydrogen-bond donors (Lipinski definition) is 0. The molecule has 1 aromatic carbocycles. The van der Waals surface area contributed by atoms with Gasteiger partial charge in [0.2, 0.25) is 5.88 Å². The first-order valence-electron chi connectivity index (χ1n) is 9.25. The van der Waals surface area contributed by atoms with Gasteiger partial charge in [-0.3, -0.25) is 4.79 Å². The summed E-state index contributed by atoms with van der Waals surface area (Å²) in [5.41, 5.74) is 2.09. The molecule has 0 aliphatic carbocycles. The van der Waals surface area contributed by atoms with Crippen molar-refractivity contribution in [1.29, 1.82) is 0 Å². The number of carbonyl (C=O) groups excluding carboxylic acids is 1. The first-order valence-corrected chi connectivity index (χ1v) is 10.1. The van der Waals surface area contributed by atoms with Crippen molar-refractivity contribution in [2.75, 3.05) is 27.3 Å². The summed E-state index contributed by atoms with van der Waals surface area (Å²) < 4.78 is 10.6. The quantitative estimate of drug-likeness (QED) is 0.575. The number of aryl methyl sites for hydroxylation is 1. The Bertz CT molecular complexity index is 956. The number of fused-ring (bicyclic) bond motifs is 1. The molecule has 0 radical (unpaired) electrons. The number of benzene rings is 1. The Kier molecular flexibility index (Phi) is 6.59. The molecule has 28 heavy (non-hydrogen) atoms. The Balaban J connectivity index is 1.90. The van der Waals surface area contributed by atoms with Gasteiger partial charge in [0, 0.05) is 20.2 Å². The van der Waals surface area contributed by atoms with Crippen LogP contribution in [-0.2, 0) is 17.8 Å². The van der Waals surface area contributed by atoms with E-state index in [0.29, 0.717) is 36.3 Å². The molecule has 7 heteroatoms. The Morgan fingerprint density at radius 2 is 1.93 bits per heavy atom. The minimum absolute atomic E-state index is 0.0225. The Hall–Kier alpha value is -2.51. The SMILES string of the molecule is CCN(CCc1ccccc1)C(=O)c1sc2nc(COC)nc(OC)c2c1C. The Morgan fingerprint density at radius 1 is 1.18 bits per heavy atom. The van der Waals surface area contributed by atoms with Crippen molar-refractivity contribution < 1.29 is 14.3 Å². The standard InChI is InChI=1S/C21H25N3O3S/c1-5-24(12-11-15-9-7-6-8-10-15)21(25)18-14(2)17-19(27-4)22-16(13-26-3)23-20(17)28-18/h6-10H,5,11-13H2,1-4H3. The summed E-state index contributed by atoms with van der Waals surface area (Å²) in [5, 5.41) is 0.801. The molecule has 0 fully saturated rings. The van der Waals surface area contributed by atoms with Crippen LogP contribution in [0.4, 0.5) is 0 Å². The monoisotopic (exact) mass is 399 g/mol. The summed E-state index contributed by atoms with van der Waals surface area (Å²) in [6.07, 6.45) is 0.825. The van der Waals surface area contributed by atoms with Crippen molar-refractivity contribution in [3.05, 3.63) is 52.2 Å². The van der Waals surface area contributed by atoms with Crippen LogP contribution in [0.2, 0.25) is 0 Å². The van der Waals surface area contributed by atoms with Crippen LogP contribution in [0.25, 0.3) is 10.2 Å².